The molecule has 1 aliphatic heterocycles. The third-order valence-corrected chi connectivity index (χ3v) is 3.18. The Balaban J connectivity index is 1.91. The number of ether oxygens (including phenoxy) is 1. The summed E-state index contributed by atoms with van der Waals surface area (Å²) in [5.41, 5.74) is 1.20. The molecule has 2 unspecified atom stereocenters. The van der Waals surface area contributed by atoms with Gasteiger partial charge in [0.2, 0.25) is 0 Å². The Hall–Kier alpha value is -1.55. The molecule has 2 N–H and O–H groups in total. The fourth-order valence-electron chi connectivity index (χ4n) is 2.22. The van der Waals surface area contributed by atoms with E-state index < -0.39 is 5.97 Å². The molecule has 4 nitrogen and oxygen atoms in total. The van der Waals surface area contributed by atoms with Crippen molar-refractivity contribution < 1.29 is 14.6 Å². The molecule has 92 valence electrons. The van der Waals surface area contributed by atoms with Gasteiger partial charge in [0, 0.05) is 6.04 Å². The highest BCUT2D eigenvalue weighted by Crippen LogP contribution is 2.18. The average Bonchev–Trinajstić information content (AvgIpc) is 2.79. The number of carboxylic acid groups (broad SMARTS) is 1. The van der Waals surface area contributed by atoms with E-state index in [1.165, 1.54) is 5.56 Å². The lowest BCUT2D eigenvalue weighted by atomic mass is 10.0. The molecule has 1 saturated heterocycles. The SMILES string of the molecule is COc1ccc(CC2CCC(C(=O)O)N2)cc1. The molecule has 0 bridgehead atoms. The summed E-state index contributed by atoms with van der Waals surface area (Å²) in [4.78, 5) is 10.8. The number of hydrogen-bond acceptors (Lipinski definition) is 3. The summed E-state index contributed by atoms with van der Waals surface area (Å²) in [6.07, 6.45) is 2.51. The minimum absolute atomic E-state index is 0.268. The third-order valence-electron chi connectivity index (χ3n) is 3.18. The maximum absolute atomic E-state index is 10.8. The predicted octanol–water partition coefficient (Wildman–Crippen LogP) is 1.44. The van der Waals surface area contributed by atoms with Crippen LogP contribution in [0.25, 0.3) is 0 Å². The molecule has 0 aliphatic carbocycles. The molecule has 2 rings (SSSR count). The lowest BCUT2D eigenvalue weighted by Gasteiger charge is -2.12. The summed E-state index contributed by atoms with van der Waals surface area (Å²) in [7, 11) is 1.64. The first-order valence-electron chi connectivity index (χ1n) is 5.81. The molecule has 1 fully saturated rings. The molecule has 1 aromatic rings. The van der Waals surface area contributed by atoms with Crippen LogP contribution in [0.4, 0.5) is 0 Å². The standard InChI is InChI=1S/C13H17NO3/c1-17-11-5-2-9(3-6-11)8-10-4-7-12(14-10)13(15)16/h2-3,5-6,10,12,14H,4,7-8H2,1H3,(H,15,16). The zero-order valence-electron chi connectivity index (χ0n) is 9.85. The smallest absolute Gasteiger partial charge is 0.320 e. The Bertz CT molecular complexity index is 388. The molecule has 0 saturated carbocycles. The number of aliphatic carboxylic acids is 1. The number of hydrogen-bond donors (Lipinski definition) is 2. The topological polar surface area (TPSA) is 58.6 Å². The van der Waals surface area contributed by atoms with Crippen molar-refractivity contribution in [2.75, 3.05) is 7.11 Å². The Morgan fingerprint density at radius 2 is 2.12 bits per heavy atom. The van der Waals surface area contributed by atoms with Gasteiger partial charge in [0.15, 0.2) is 0 Å². The van der Waals surface area contributed by atoms with Crippen LogP contribution in [0.2, 0.25) is 0 Å². The first kappa shape index (κ1) is 11.9. The number of rotatable bonds is 4. The van der Waals surface area contributed by atoms with Gasteiger partial charge in [0.05, 0.1) is 7.11 Å². The fraction of sp³-hybridized carbons (Fsp3) is 0.462. The van der Waals surface area contributed by atoms with Gasteiger partial charge in [0.1, 0.15) is 11.8 Å². The molecule has 0 radical (unpaired) electrons. The average molecular weight is 235 g/mol. The second-order valence-corrected chi connectivity index (χ2v) is 4.38. The van der Waals surface area contributed by atoms with Crippen LogP contribution in [0.1, 0.15) is 18.4 Å². The van der Waals surface area contributed by atoms with Crippen molar-refractivity contribution in [1.82, 2.24) is 5.32 Å². The van der Waals surface area contributed by atoms with E-state index in [-0.39, 0.29) is 12.1 Å². The van der Waals surface area contributed by atoms with Crippen LogP contribution in [0.5, 0.6) is 5.75 Å². The number of benzene rings is 1. The van der Waals surface area contributed by atoms with Gasteiger partial charge in [-0.3, -0.25) is 4.79 Å². The highest BCUT2D eigenvalue weighted by molar-refractivity contribution is 5.73. The first-order chi connectivity index (χ1) is 8.19. The third kappa shape index (κ3) is 2.97. The van der Waals surface area contributed by atoms with Crippen LogP contribution in [0, 0.1) is 0 Å². The zero-order valence-corrected chi connectivity index (χ0v) is 9.85. The van der Waals surface area contributed by atoms with E-state index in [2.05, 4.69) is 5.32 Å². The van der Waals surface area contributed by atoms with E-state index in [1.54, 1.807) is 7.11 Å². The normalized spacial score (nSPS) is 23.6. The molecule has 1 aliphatic rings. The molecule has 2 atom stereocenters. The first-order valence-corrected chi connectivity index (χ1v) is 5.81. The summed E-state index contributed by atoms with van der Waals surface area (Å²) in [5, 5.41) is 12.0. The van der Waals surface area contributed by atoms with Gasteiger partial charge in [-0.25, -0.2) is 0 Å². The summed E-state index contributed by atoms with van der Waals surface area (Å²) < 4.78 is 5.09. The molecule has 4 heteroatoms. The molecule has 1 aromatic carbocycles. The highest BCUT2D eigenvalue weighted by Gasteiger charge is 2.28. The largest absolute Gasteiger partial charge is 0.497 e. The monoisotopic (exact) mass is 235 g/mol. The zero-order chi connectivity index (χ0) is 12.3. The van der Waals surface area contributed by atoms with Crippen LogP contribution < -0.4 is 10.1 Å². The number of methoxy groups -OCH3 is 1. The fourth-order valence-corrected chi connectivity index (χ4v) is 2.22. The van der Waals surface area contributed by atoms with Gasteiger partial charge < -0.3 is 15.2 Å². The van der Waals surface area contributed by atoms with Crippen molar-refractivity contribution in [3.8, 4) is 5.75 Å². The van der Waals surface area contributed by atoms with E-state index in [0.717, 1.165) is 25.0 Å². The highest BCUT2D eigenvalue weighted by atomic mass is 16.5. The van der Waals surface area contributed by atoms with Crippen molar-refractivity contribution >= 4 is 5.97 Å². The summed E-state index contributed by atoms with van der Waals surface area (Å²) in [5.74, 6) is 0.0961. The predicted molar refractivity (Wildman–Crippen MR) is 64.3 cm³/mol. The molecular weight excluding hydrogens is 218 g/mol. The molecule has 0 spiro atoms. The van der Waals surface area contributed by atoms with Crippen molar-refractivity contribution in [3.63, 3.8) is 0 Å². The van der Waals surface area contributed by atoms with Crippen molar-refractivity contribution in [1.29, 1.82) is 0 Å². The summed E-state index contributed by atoms with van der Waals surface area (Å²) in [6.45, 7) is 0. The minimum atomic E-state index is -0.748. The lowest BCUT2D eigenvalue weighted by molar-refractivity contribution is -0.139. The molecule has 17 heavy (non-hydrogen) atoms. The van der Waals surface area contributed by atoms with Gasteiger partial charge in [-0.15, -0.1) is 0 Å². The Kier molecular flexibility index (Phi) is 3.64. The Morgan fingerprint density at radius 3 is 2.65 bits per heavy atom. The van der Waals surface area contributed by atoms with Crippen LogP contribution in [-0.4, -0.2) is 30.3 Å². The van der Waals surface area contributed by atoms with E-state index >= 15 is 0 Å². The second kappa shape index (κ2) is 5.19. The van der Waals surface area contributed by atoms with E-state index in [0.29, 0.717) is 0 Å². The lowest BCUT2D eigenvalue weighted by Crippen LogP contribution is -2.36. The van der Waals surface area contributed by atoms with E-state index in [4.69, 9.17) is 9.84 Å². The number of nitrogens with one attached hydrogen (secondary N) is 1. The number of carboxylic acids is 1. The summed E-state index contributed by atoms with van der Waals surface area (Å²) in [6, 6.07) is 7.80. The van der Waals surface area contributed by atoms with E-state index in [9.17, 15) is 4.79 Å². The maximum atomic E-state index is 10.8. The van der Waals surface area contributed by atoms with Gasteiger partial charge in [-0.1, -0.05) is 12.1 Å². The van der Waals surface area contributed by atoms with Crippen molar-refractivity contribution in [3.05, 3.63) is 29.8 Å². The quantitative estimate of drug-likeness (QED) is 0.829. The summed E-state index contributed by atoms with van der Waals surface area (Å²) >= 11 is 0. The Labute approximate surface area is 101 Å². The van der Waals surface area contributed by atoms with Crippen molar-refractivity contribution in [2.45, 2.75) is 31.3 Å². The number of carbonyl (C=O) groups is 1. The second-order valence-electron chi connectivity index (χ2n) is 4.38. The van der Waals surface area contributed by atoms with Gasteiger partial charge in [-0.2, -0.15) is 0 Å². The molecular formula is C13H17NO3. The maximum Gasteiger partial charge on any atom is 0.320 e. The van der Waals surface area contributed by atoms with Crippen LogP contribution in [0.15, 0.2) is 24.3 Å². The minimum Gasteiger partial charge on any atom is -0.497 e. The molecule has 0 amide bonds. The van der Waals surface area contributed by atoms with Crippen molar-refractivity contribution in [2.24, 2.45) is 0 Å². The van der Waals surface area contributed by atoms with Gasteiger partial charge in [-0.05, 0) is 37.0 Å². The van der Waals surface area contributed by atoms with Gasteiger partial charge >= 0.3 is 5.97 Å². The van der Waals surface area contributed by atoms with Crippen LogP contribution >= 0.6 is 0 Å². The van der Waals surface area contributed by atoms with Crippen LogP contribution in [0.3, 0.4) is 0 Å². The van der Waals surface area contributed by atoms with Gasteiger partial charge in [0.25, 0.3) is 0 Å². The molecule has 1 heterocycles. The molecule has 0 aromatic heterocycles. The van der Waals surface area contributed by atoms with Crippen LogP contribution in [-0.2, 0) is 11.2 Å². The Morgan fingerprint density at radius 1 is 1.41 bits per heavy atom. The van der Waals surface area contributed by atoms with E-state index in [1.807, 2.05) is 24.3 Å².